The Kier molecular flexibility index (Phi) is 2.31. The molecule has 1 aromatic rings. The molecule has 1 nitrogen and oxygen atoms in total. The maximum Gasteiger partial charge on any atom is 0.126 e. The fourth-order valence-corrected chi connectivity index (χ4v) is 2.08. The number of nitrogens with two attached hydrogens (primary N) is 1. The summed E-state index contributed by atoms with van der Waals surface area (Å²) >= 11 is 0. The van der Waals surface area contributed by atoms with E-state index in [1.54, 1.807) is 6.07 Å². The number of benzene rings is 1. The number of hydrogen-bond acceptors (Lipinski definition) is 1. The van der Waals surface area contributed by atoms with Crippen LogP contribution in [0.2, 0.25) is 0 Å². The van der Waals surface area contributed by atoms with Crippen LogP contribution < -0.4 is 5.73 Å². The molecule has 0 radical (unpaired) electrons. The molecule has 0 aromatic heterocycles. The molecule has 2 N–H and O–H groups in total. The molecule has 0 heterocycles. The molecule has 0 spiro atoms. The normalized spacial score (nSPS) is 18.2. The van der Waals surface area contributed by atoms with Gasteiger partial charge in [0, 0.05) is 0 Å². The van der Waals surface area contributed by atoms with E-state index in [0.717, 1.165) is 18.5 Å². The lowest BCUT2D eigenvalue weighted by Gasteiger charge is -2.15. The number of halogens is 1. The van der Waals surface area contributed by atoms with Crippen molar-refractivity contribution in [1.82, 2.24) is 0 Å². The Labute approximate surface area is 84.1 Å². The summed E-state index contributed by atoms with van der Waals surface area (Å²) in [6.07, 6.45) is 3.43. The summed E-state index contributed by atoms with van der Waals surface area (Å²) in [7, 11) is 0. The third-order valence-electron chi connectivity index (χ3n) is 3.25. The van der Waals surface area contributed by atoms with E-state index in [1.807, 2.05) is 19.1 Å². The second-order valence-corrected chi connectivity index (χ2v) is 4.28. The molecule has 2 heteroatoms. The van der Waals surface area contributed by atoms with Crippen molar-refractivity contribution >= 4 is 0 Å². The third-order valence-corrected chi connectivity index (χ3v) is 3.25. The van der Waals surface area contributed by atoms with Crippen molar-refractivity contribution in [2.24, 2.45) is 5.73 Å². The molecule has 1 aliphatic rings. The van der Waals surface area contributed by atoms with Crippen LogP contribution in [0.25, 0.3) is 0 Å². The Bertz CT molecular complexity index is 342. The van der Waals surface area contributed by atoms with Gasteiger partial charge >= 0.3 is 0 Å². The molecule has 1 aliphatic carbocycles. The maximum absolute atomic E-state index is 13.1. The van der Waals surface area contributed by atoms with Gasteiger partial charge in [-0.25, -0.2) is 4.39 Å². The van der Waals surface area contributed by atoms with Crippen LogP contribution in [0, 0.1) is 12.7 Å². The minimum atomic E-state index is -0.114. The van der Waals surface area contributed by atoms with Crippen LogP contribution in [0.1, 0.15) is 30.4 Å². The largest absolute Gasteiger partial charge is 0.330 e. The lowest BCUT2D eigenvalue weighted by atomic mass is 9.91. The van der Waals surface area contributed by atoms with Crippen molar-refractivity contribution in [3.05, 3.63) is 35.1 Å². The average molecular weight is 193 g/mol. The van der Waals surface area contributed by atoms with E-state index in [9.17, 15) is 4.39 Å². The Hall–Kier alpha value is -0.890. The van der Waals surface area contributed by atoms with E-state index in [1.165, 1.54) is 18.4 Å². The van der Waals surface area contributed by atoms with Crippen LogP contribution in [0.5, 0.6) is 0 Å². The number of aryl methyl sites for hydroxylation is 1. The molecular formula is C12H16FN. The first-order chi connectivity index (χ1) is 6.68. The Morgan fingerprint density at radius 3 is 2.64 bits per heavy atom. The van der Waals surface area contributed by atoms with Crippen molar-refractivity contribution < 1.29 is 4.39 Å². The van der Waals surface area contributed by atoms with E-state index in [0.29, 0.717) is 0 Å². The van der Waals surface area contributed by atoms with Crippen molar-refractivity contribution in [2.75, 3.05) is 6.54 Å². The van der Waals surface area contributed by atoms with Gasteiger partial charge in [0.05, 0.1) is 0 Å². The molecule has 0 bridgehead atoms. The predicted molar refractivity (Wildman–Crippen MR) is 55.7 cm³/mol. The maximum atomic E-state index is 13.1. The van der Waals surface area contributed by atoms with E-state index in [-0.39, 0.29) is 11.2 Å². The minimum Gasteiger partial charge on any atom is -0.330 e. The van der Waals surface area contributed by atoms with Crippen molar-refractivity contribution in [1.29, 1.82) is 0 Å². The molecule has 76 valence electrons. The summed E-state index contributed by atoms with van der Waals surface area (Å²) in [5.41, 5.74) is 7.88. The van der Waals surface area contributed by atoms with E-state index < -0.39 is 0 Å². The zero-order valence-electron chi connectivity index (χ0n) is 8.52. The molecular weight excluding hydrogens is 177 g/mol. The van der Waals surface area contributed by atoms with Crippen molar-refractivity contribution in [3.8, 4) is 0 Å². The highest BCUT2D eigenvalue weighted by molar-refractivity contribution is 5.34. The highest BCUT2D eigenvalue weighted by Crippen LogP contribution is 2.50. The molecule has 1 aromatic carbocycles. The second-order valence-electron chi connectivity index (χ2n) is 4.28. The molecule has 2 rings (SSSR count). The first-order valence-electron chi connectivity index (χ1n) is 5.15. The van der Waals surface area contributed by atoms with Crippen LogP contribution >= 0.6 is 0 Å². The van der Waals surface area contributed by atoms with Gasteiger partial charge in [-0.1, -0.05) is 12.1 Å². The third kappa shape index (κ3) is 1.55. The highest BCUT2D eigenvalue weighted by Gasteiger charge is 2.43. The Morgan fingerprint density at radius 2 is 2.14 bits per heavy atom. The molecule has 1 fully saturated rings. The lowest BCUT2D eigenvalue weighted by Crippen LogP contribution is -2.13. The van der Waals surface area contributed by atoms with Crippen molar-refractivity contribution in [2.45, 2.75) is 31.6 Å². The van der Waals surface area contributed by atoms with Crippen LogP contribution in [0.4, 0.5) is 4.39 Å². The predicted octanol–water partition coefficient (Wildman–Crippen LogP) is 2.51. The summed E-state index contributed by atoms with van der Waals surface area (Å²) in [4.78, 5) is 0. The highest BCUT2D eigenvalue weighted by atomic mass is 19.1. The summed E-state index contributed by atoms with van der Waals surface area (Å²) in [5, 5.41) is 0. The molecule has 0 saturated heterocycles. The van der Waals surface area contributed by atoms with Gasteiger partial charge in [0.15, 0.2) is 0 Å². The van der Waals surface area contributed by atoms with Gasteiger partial charge in [-0.3, -0.25) is 0 Å². The number of rotatable bonds is 3. The van der Waals surface area contributed by atoms with E-state index >= 15 is 0 Å². The number of hydrogen-bond donors (Lipinski definition) is 1. The van der Waals surface area contributed by atoms with Gasteiger partial charge < -0.3 is 5.73 Å². The fourth-order valence-electron chi connectivity index (χ4n) is 2.08. The monoisotopic (exact) mass is 193 g/mol. The smallest absolute Gasteiger partial charge is 0.126 e. The molecule has 0 amide bonds. The SMILES string of the molecule is Cc1cc(C2(CCN)CC2)ccc1F. The zero-order valence-corrected chi connectivity index (χ0v) is 8.52. The first-order valence-corrected chi connectivity index (χ1v) is 5.15. The van der Waals surface area contributed by atoms with Gasteiger partial charge in [-0.05, 0) is 55.3 Å². The first kappa shape index (κ1) is 9.66. The van der Waals surface area contributed by atoms with Gasteiger partial charge in [-0.2, -0.15) is 0 Å². The van der Waals surface area contributed by atoms with Gasteiger partial charge in [0.1, 0.15) is 5.82 Å². The van der Waals surface area contributed by atoms with Crippen LogP contribution in [-0.4, -0.2) is 6.54 Å². The van der Waals surface area contributed by atoms with Crippen LogP contribution in [-0.2, 0) is 5.41 Å². The quantitative estimate of drug-likeness (QED) is 0.784. The molecule has 14 heavy (non-hydrogen) atoms. The van der Waals surface area contributed by atoms with E-state index in [2.05, 4.69) is 0 Å². The molecule has 0 unspecified atom stereocenters. The standard InChI is InChI=1S/C12H16FN/c1-9-8-10(2-3-11(9)13)12(4-5-12)6-7-14/h2-3,8H,4-7,14H2,1H3. The summed E-state index contributed by atoms with van der Waals surface area (Å²) < 4.78 is 13.1. The summed E-state index contributed by atoms with van der Waals surface area (Å²) in [6.45, 7) is 2.54. The lowest BCUT2D eigenvalue weighted by molar-refractivity contribution is 0.604. The zero-order chi connectivity index (χ0) is 10.2. The summed E-state index contributed by atoms with van der Waals surface area (Å²) in [5.74, 6) is -0.114. The molecule has 1 saturated carbocycles. The Morgan fingerprint density at radius 1 is 1.43 bits per heavy atom. The van der Waals surface area contributed by atoms with Crippen molar-refractivity contribution in [3.63, 3.8) is 0 Å². The second kappa shape index (κ2) is 3.35. The molecule has 0 atom stereocenters. The van der Waals surface area contributed by atoms with E-state index in [4.69, 9.17) is 5.73 Å². The minimum absolute atomic E-state index is 0.114. The van der Waals surface area contributed by atoms with Crippen LogP contribution in [0.3, 0.4) is 0 Å². The Balaban J connectivity index is 2.28. The molecule has 0 aliphatic heterocycles. The topological polar surface area (TPSA) is 26.0 Å². The average Bonchev–Trinajstić information content (AvgIpc) is 2.91. The van der Waals surface area contributed by atoms with Crippen LogP contribution in [0.15, 0.2) is 18.2 Å². The van der Waals surface area contributed by atoms with Gasteiger partial charge in [0.25, 0.3) is 0 Å². The van der Waals surface area contributed by atoms with Gasteiger partial charge in [-0.15, -0.1) is 0 Å². The van der Waals surface area contributed by atoms with Gasteiger partial charge in [0.2, 0.25) is 0 Å². The summed E-state index contributed by atoms with van der Waals surface area (Å²) in [6, 6.07) is 5.45. The fraction of sp³-hybridized carbons (Fsp3) is 0.500.